The fourth-order valence-corrected chi connectivity index (χ4v) is 1.72. The third-order valence-electron chi connectivity index (χ3n) is 2.64. The summed E-state index contributed by atoms with van der Waals surface area (Å²) in [5.74, 6) is 0.732. The van der Waals surface area contributed by atoms with Crippen LogP contribution in [-0.4, -0.2) is 25.6 Å². The summed E-state index contributed by atoms with van der Waals surface area (Å²) in [4.78, 5) is 13.1. The number of nitrogens with one attached hydrogen (secondary N) is 1. The van der Waals surface area contributed by atoms with E-state index < -0.39 is 0 Å². The van der Waals surface area contributed by atoms with E-state index in [1.165, 1.54) is 0 Å². The van der Waals surface area contributed by atoms with Gasteiger partial charge in [0.15, 0.2) is 5.82 Å². The number of aryl methyl sites for hydroxylation is 2. The fourth-order valence-electron chi connectivity index (χ4n) is 1.72. The Kier molecular flexibility index (Phi) is 3.72. The quantitative estimate of drug-likeness (QED) is 0.890. The van der Waals surface area contributed by atoms with Gasteiger partial charge in [-0.2, -0.15) is 0 Å². The number of hydrogen-bond donors (Lipinski definition) is 1. The van der Waals surface area contributed by atoms with Crippen molar-refractivity contribution in [2.45, 2.75) is 33.4 Å². The van der Waals surface area contributed by atoms with Crippen molar-refractivity contribution in [2.75, 3.05) is 0 Å². The third kappa shape index (κ3) is 2.92. The lowest BCUT2D eigenvalue weighted by Gasteiger charge is -2.09. The molecule has 0 fully saturated rings. The van der Waals surface area contributed by atoms with E-state index in [2.05, 4.69) is 34.1 Å². The van der Waals surface area contributed by atoms with Crippen LogP contribution in [0, 0.1) is 6.92 Å². The first-order valence-electron chi connectivity index (χ1n) is 6.11. The summed E-state index contributed by atoms with van der Waals surface area (Å²) in [7, 11) is 1.94. The van der Waals surface area contributed by atoms with E-state index in [0.717, 1.165) is 29.5 Å². The van der Waals surface area contributed by atoms with Crippen molar-refractivity contribution < 1.29 is 0 Å². The normalized spacial score (nSPS) is 11.2. The summed E-state index contributed by atoms with van der Waals surface area (Å²) in [5.41, 5.74) is 2.92. The highest BCUT2D eigenvalue weighted by molar-refractivity contribution is 5.48. The maximum Gasteiger partial charge on any atom is 0.178 e. The van der Waals surface area contributed by atoms with E-state index in [1.54, 1.807) is 12.5 Å². The van der Waals surface area contributed by atoms with Gasteiger partial charge in [-0.15, -0.1) is 0 Å². The van der Waals surface area contributed by atoms with Gasteiger partial charge in [0.05, 0.1) is 18.2 Å². The molecule has 5 nitrogen and oxygen atoms in total. The van der Waals surface area contributed by atoms with Crippen molar-refractivity contribution in [3.63, 3.8) is 0 Å². The predicted octanol–water partition coefficient (Wildman–Crippen LogP) is 1.68. The zero-order valence-electron chi connectivity index (χ0n) is 11.3. The summed E-state index contributed by atoms with van der Waals surface area (Å²) in [6.45, 7) is 6.98. The molecule has 2 aromatic rings. The van der Waals surface area contributed by atoms with Crippen molar-refractivity contribution in [1.82, 2.24) is 24.8 Å². The molecule has 2 rings (SSSR count). The van der Waals surface area contributed by atoms with Crippen molar-refractivity contribution in [3.8, 4) is 11.5 Å². The van der Waals surface area contributed by atoms with E-state index in [1.807, 2.05) is 24.6 Å². The summed E-state index contributed by atoms with van der Waals surface area (Å²) in [5, 5.41) is 3.36. The van der Waals surface area contributed by atoms with Crippen LogP contribution in [0.3, 0.4) is 0 Å². The van der Waals surface area contributed by atoms with Crippen LogP contribution < -0.4 is 5.32 Å². The lowest BCUT2D eigenvalue weighted by molar-refractivity contribution is 0.580. The number of hydrogen-bond acceptors (Lipinski definition) is 4. The zero-order valence-corrected chi connectivity index (χ0v) is 11.3. The highest BCUT2D eigenvalue weighted by Gasteiger charge is 2.08. The van der Waals surface area contributed by atoms with Gasteiger partial charge >= 0.3 is 0 Å². The summed E-state index contributed by atoms with van der Waals surface area (Å²) in [6.07, 6.45) is 3.54. The largest absolute Gasteiger partial charge is 0.331 e. The van der Waals surface area contributed by atoms with Gasteiger partial charge in [-0.25, -0.2) is 15.0 Å². The molecule has 0 saturated heterocycles. The molecule has 0 unspecified atom stereocenters. The van der Waals surface area contributed by atoms with Gasteiger partial charge in [0.2, 0.25) is 0 Å². The number of imidazole rings is 1. The van der Waals surface area contributed by atoms with E-state index in [9.17, 15) is 0 Å². The molecule has 0 spiro atoms. The molecule has 0 radical (unpaired) electrons. The van der Waals surface area contributed by atoms with Crippen molar-refractivity contribution in [1.29, 1.82) is 0 Å². The smallest absolute Gasteiger partial charge is 0.178 e. The molecule has 0 bridgehead atoms. The average molecular weight is 245 g/mol. The molecule has 0 aliphatic carbocycles. The van der Waals surface area contributed by atoms with Crippen LogP contribution >= 0.6 is 0 Å². The molecule has 18 heavy (non-hydrogen) atoms. The van der Waals surface area contributed by atoms with E-state index in [-0.39, 0.29) is 0 Å². The highest BCUT2D eigenvalue weighted by Crippen LogP contribution is 2.14. The molecular weight excluding hydrogens is 226 g/mol. The van der Waals surface area contributed by atoms with Crippen LogP contribution in [0.1, 0.15) is 25.2 Å². The van der Waals surface area contributed by atoms with Gasteiger partial charge < -0.3 is 9.88 Å². The minimum absolute atomic E-state index is 0.445. The minimum Gasteiger partial charge on any atom is -0.331 e. The van der Waals surface area contributed by atoms with Gasteiger partial charge in [-0.05, 0) is 13.0 Å². The maximum absolute atomic E-state index is 4.57. The fraction of sp³-hybridized carbons (Fsp3) is 0.462. The molecular formula is C13H19N5. The van der Waals surface area contributed by atoms with Gasteiger partial charge in [-0.3, -0.25) is 0 Å². The number of nitrogens with zero attached hydrogens (tertiary/aromatic N) is 4. The first-order chi connectivity index (χ1) is 8.56. The van der Waals surface area contributed by atoms with E-state index in [0.29, 0.717) is 6.04 Å². The standard InChI is InChI=1S/C13H19N5/c1-9(2)15-6-11-5-10(3)16-13(17-11)12-7-14-8-18(12)4/h5,7-9,15H,6H2,1-4H3. The molecule has 2 aromatic heterocycles. The van der Waals surface area contributed by atoms with Gasteiger partial charge in [-0.1, -0.05) is 13.8 Å². The monoisotopic (exact) mass is 245 g/mol. The maximum atomic E-state index is 4.57. The van der Waals surface area contributed by atoms with Crippen LogP contribution in [-0.2, 0) is 13.6 Å². The summed E-state index contributed by atoms with van der Waals surface area (Å²) >= 11 is 0. The molecule has 0 atom stereocenters. The Labute approximate surface area is 107 Å². The second kappa shape index (κ2) is 5.27. The molecule has 1 N–H and O–H groups in total. The van der Waals surface area contributed by atoms with Crippen molar-refractivity contribution >= 4 is 0 Å². The Hall–Kier alpha value is -1.75. The van der Waals surface area contributed by atoms with Crippen LogP contribution in [0.15, 0.2) is 18.6 Å². The molecule has 0 aliphatic heterocycles. The molecule has 0 aromatic carbocycles. The van der Waals surface area contributed by atoms with Gasteiger partial charge in [0.25, 0.3) is 0 Å². The molecule has 0 aliphatic rings. The molecule has 0 saturated carbocycles. The highest BCUT2D eigenvalue weighted by atomic mass is 15.1. The number of aromatic nitrogens is 4. The Bertz CT molecular complexity index is 530. The average Bonchev–Trinajstić information content (AvgIpc) is 2.72. The topological polar surface area (TPSA) is 55.6 Å². The zero-order chi connectivity index (χ0) is 13.1. The first kappa shape index (κ1) is 12.7. The Morgan fingerprint density at radius 1 is 1.33 bits per heavy atom. The number of rotatable bonds is 4. The second-order valence-electron chi connectivity index (χ2n) is 4.75. The lowest BCUT2D eigenvalue weighted by atomic mass is 10.3. The molecule has 96 valence electrons. The minimum atomic E-state index is 0.445. The van der Waals surface area contributed by atoms with Crippen LogP contribution in [0.4, 0.5) is 0 Å². The summed E-state index contributed by atoms with van der Waals surface area (Å²) in [6, 6.07) is 2.45. The lowest BCUT2D eigenvalue weighted by Crippen LogP contribution is -2.22. The Balaban J connectivity index is 2.29. The van der Waals surface area contributed by atoms with Gasteiger partial charge in [0.1, 0.15) is 5.69 Å². The van der Waals surface area contributed by atoms with Crippen molar-refractivity contribution in [2.24, 2.45) is 7.05 Å². The van der Waals surface area contributed by atoms with Gasteiger partial charge in [0, 0.05) is 25.3 Å². The Morgan fingerprint density at radius 2 is 2.11 bits per heavy atom. The molecule has 5 heteroatoms. The van der Waals surface area contributed by atoms with Crippen LogP contribution in [0.25, 0.3) is 11.5 Å². The van der Waals surface area contributed by atoms with E-state index >= 15 is 0 Å². The predicted molar refractivity (Wildman–Crippen MR) is 70.9 cm³/mol. The van der Waals surface area contributed by atoms with Crippen LogP contribution in [0.5, 0.6) is 0 Å². The van der Waals surface area contributed by atoms with Crippen LogP contribution in [0.2, 0.25) is 0 Å². The first-order valence-corrected chi connectivity index (χ1v) is 6.11. The SMILES string of the molecule is Cc1cc(CNC(C)C)nc(-c2cncn2C)n1. The molecule has 2 heterocycles. The molecule has 0 amide bonds. The van der Waals surface area contributed by atoms with Crippen molar-refractivity contribution in [3.05, 3.63) is 30.0 Å². The van der Waals surface area contributed by atoms with E-state index in [4.69, 9.17) is 0 Å². The second-order valence-corrected chi connectivity index (χ2v) is 4.75. The Morgan fingerprint density at radius 3 is 2.72 bits per heavy atom. The third-order valence-corrected chi connectivity index (χ3v) is 2.64. The summed E-state index contributed by atoms with van der Waals surface area (Å²) < 4.78 is 1.93.